The van der Waals surface area contributed by atoms with Gasteiger partial charge in [-0.15, -0.1) is 16.4 Å². The van der Waals surface area contributed by atoms with Gasteiger partial charge in [0.05, 0.1) is 22.9 Å². The molecule has 0 bridgehead atoms. The minimum Gasteiger partial charge on any atom is -0.379 e. The molecule has 0 atom stereocenters. The SMILES string of the molecule is Cc1nc(CNc2cccc(-n3cnnn3)c2)cs1. The summed E-state index contributed by atoms with van der Waals surface area (Å²) in [5, 5.41) is 17.6. The second-order valence-corrected chi connectivity index (χ2v) is 5.08. The lowest BCUT2D eigenvalue weighted by molar-refractivity contribution is 0.789. The van der Waals surface area contributed by atoms with Crippen molar-refractivity contribution >= 4 is 17.0 Å². The molecular weight excluding hydrogens is 260 g/mol. The quantitative estimate of drug-likeness (QED) is 0.787. The Morgan fingerprint density at radius 1 is 1.37 bits per heavy atom. The number of tetrazole rings is 1. The Morgan fingerprint density at radius 2 is 2.32 bits per heavy atom. The number of aromatic nitrogens is 5. The third-order valence-corrected chi connectivity index (χ3v) is 3.42. The number of aryl methyl sites for hydroxylation is 1. The molecule has 0 aliphatic rings. The van der Waals surface area contributed by atoms with E-state index >= 15 is 0 Å². The van der Waals surface area contributed by atoms with Crippen molar-refractivity contribution in [2.45, 2.75) is 13.5 Å². The molecule has 0 fully saturated rings. The normalized spacial score (nSPS) is 10.6. The van der Waals surface area contributed by atoms with Gasteiger partial charge < -0.3 is 5.32 Å². The molecule has 0 saturated heterocycles. The molecule has 0 unspecified atom stereocenters. The third-order valence-electron chi connectivity index (χ3n) is 2.60. The number of thiazole rings is 1. The first-order valence-electron chi connectivity index (χ1n) is 5.79. The van der Waals surface area contributed by atoms with Gasteiger partial charge in [-0.25, -0.2) is 9.67 Å². The Labute approximate surface area is 114 Å². The molecule has 0 amide bonds. The van der Waals surface area contributed by atoms with Crippen LogP contribution in [0.1, 0.15) is 10.7 Å². The molecule has 0 aliphatic carbocycles. The maximum atomic E-state index is 4.42. The summed E-state index contributed by atoms with van der Waals surface area (Å²) in [6.07, 6.45) is 1.57. The lowest BCUT2D eigenvalue weighted by Crippen LogP contribution is -2.01. The van der Waals surface area contributed by atoms with E-state index in [1.54, 1.807) is 22.3 Å². The number of benzene rings is 1. The molecule has 0 spiro atoms. The van der Waals surface area contributed by atoms with E-state index in [1.165, 1.54) is 0 Å². The van der Waals surface area contributed by atoms with Crippen LogP contribution in [-0.4, -0.2) is 25.2 Å². The first-order valence-corrected chi connectivity index (χ1v) is 6.67. The van der Waals surface area contributed by atoms with E-state index in [0.29, 0.717) is 6.54 Å². The maximum absolute atomic E-state index is 4.42. The molecule has 1 N–H and O–H groups in total. The number of hydrogen-bond donors (Lipinski definition) is 1. The van der Waals surface area contributed by atoms with Crippen LogP contribution in [0.15, 0.2) is 36.0 Å². The fourth-order valence-corrected chi connectivity index (χ4v) is 2.33. The van der Waals surface area contributed by atoms with Gasteiger partial charge in [-0.1, -0.05) is 6.07 Å². The first-order chi connectivity index (χ1) is 9.31. The van der Waals surface area contributed by atoms with E-state index in [0.717, 1.165) is 22.1 Å². The molecule has 0 saturated carbocycles. The predicted molar refractivity (Wildman–Crippen MR) is 73.3 cm³/mol. The summed E-state index contributed by atoms with van der Waals surface area (Å²) in [7, 11) is 0. The van der Waals surface area contributed by atoms with Crippen LogP contribution < -0.4 is 5.32 Å². The lowest BCUT2D eigenvalue weighted by atomic mass is 10.2. The zero-order valence-electron chi connectivity index (χ0n) is 10.3. The molecule has 6 nitrogen and oxygen atoms in total. The van der Waals surface area contributed by atoms with E-state index in [4.69, 9.17) is 0 Å². The van der Waals surface area contributed by atoms with Gasteiger partial charge in [-0.3, -0.25) is 0 Å². The van der Waals surface area contributed by atoms with Gasteiger partial charge in [0, 0.05) is 11.1 Å². The minimum absolute atomic E-state index is 0.712. The third kappa shape index (κ3) is 2.76. The standard InChI is InChI=1S/C12H12N6S/c1-9-15-11(7-19-9)6-13-10-3-2-4-12(5-10)18-8-14-16-17-18/h2-5,7-8,13H,6H2,1H3. The van der Waals surface area contributed by atoms with Crippen molar-refractivity contribution in [1.82, 2.24) is 25.2 Å². The molecule has 19 heavy (non-hydrogen) atoms. The van der Waals surface area contributed by atoms with Gasteiger partial charge in [0.25, 0.3) is 0 Å². The molecular formula is C12H12N6S. The zero-order chi connectivity index (χ0) is 13.1. The highest BCUT2D eigenvalue weighted by Gasteiger charge is 2.01. The molecule has 0 aliphatic heterocycles. The van der Waals surface area contributed by atoms with Crippen LogP contribution in [0, 0.1) is 6.92 Å². The Morgan fingerprint density at radius 3 is 3.05 bits per heavy atom. The van der Waals surface area contributed by atoms with E-state index in [-0.39, 0.29) is 0 Å². The molecule has 3 rings (SSSR count). The van der Waals surface area contributed by atoms with E-state index in [2.05, 4.69) is 31.2 Å². The van der Waals surface area contributed by atoms with Crippen LogP contribution in [0.5, 0.6) is 0 Å². The van der Waals surface area contributed by atoms with Crippen LogP contribution in [-0.2, 0) is 6.54 Å². The molecule has 2 heterocycles. The largest absolute Gasteiger partial charge is 0.379 e. The number of nitrogens with one attached hydrogen (secondary N) is 1. The monoisotopic (exact) mass is 272 g/mol. The molecule has 0 radical (unpaired) electrons. The van der Waals surface area contributed by atoms with Gasteiger partial charge in [0.15, 0.2) is 0 Å². The second-order valence-electron chi connectivity index (χ2n) is 4.02. The highest BCUT2D eigenvalue weighted by Crippen LogP contribution is 2.15. The van der Waals surface area contributed by atoms with Crippen LogP contribution in [0.4, 0.5) is 5.69 Å². The molecule has 2 aromatic heterocycles. The number of nitrogens with zero attached hydrogens (tertiary/aromatic N) is 5. The van der Waals surface area contributed by atoms with Gasteiger partial charge in [0.2, 0.25) is 0 Å². The highest BCUT2D eigenvalue weighted by molar-refractivity contribution is 7.09. The average molecular weight is 272 g/mol. The summed E-state index contributed by atoms with van der Waals surface area (Å²) >= 11 is 1.66. The second kappa shape index (κ2) is 5.15. The minimum atomic E-state index is 0.712. The van der Waals surface area contributed by atoms with E-state index in [1.807, 2.05) is 31.2 Å². The summed E-state index contributed by atoms with van der Waals surface area (Å²) in [6.45, 7) is 2.72. The van der Waals surface area contributed by atoms with Crippen LogP contribution in [0.25, 0.3) is 5.69 Å². The van der Waals surface area contributed by atoms with Crippen molar-refractivity contribution in [3.63, 3.8) is 0 Å². The first kappa shape index (κ1) is 11.8. The predicted octanol–water partition coefficient (Wildman–Crippen LogP) is 2.04. The van der Waals surface area contributed by atoms with Crippen molar-refractivity contribution in [1.29, 1.82) is 0 Å². The van der Waals surface area contributed by atoms with Crippen LogP contribution >= 0.6 is 11.3 Å². The fraction of sp³-hybridized carbons (Fsp3) is 0.167. The van der Waals surface area contributed by atoms with Gasteiger partial charge in [-0.2, -0.15) is 0 Å². The molecule has 7 heteroatoms. The zero-order valence-corrected chi connectivity index (χ0v) is 11.1. The molecule has 3 aromatic rings. The van der Waals surface area contributed by atoms with Crippen LogP contribution in [0.3, 0.4) is 0 Å². The van der Waals surface area contributed by atoms with Gasteiger partial charge in [-0.05, 0) is 35.5 Å². The topological polar surface area (TPSA) is 68.5 Å². The van der Waals surface area contributed by atoms with Crippen LogP contribution in [0.2, 0.25) is 0 Å². The highest BCUT2D eigenvalue weighted by atomic mass is 32.1. The summed E-state index contributed by atoms with van der Waals surface area (Å²) in [4.78, 5) is 4.42. The average Bonchev–Trinajstić information content (AvgIpc) is 3.08. The summed E-state index contributed by atoms with van der Waals surface area (Å²) < 4.78 is 1.62. The molecule has 96 valence electrons. The summed E-state index contributed by atoms with van der Waals surface area (Å²) in [5.74, 6) is 0. The van der Waals surface area contributed by atoms with Crippen molar-refractivity contribution in [3.05, 3.63) is 46.7 Å². The maximum Gasteiger partial charge on any atom is 0.143 e. The summed E-state index contributed by atoms with van der Waals surface area (Å²) in [6, 6.07) is 7.92. The van der Waals surface area contributed by atoms with Crippen molar-refractivity contribution in [3.8, 4) is 5.69 Å². The van der Waals surface area contributed by atoms with Crippen molar-refractivity contribution < 1.29 is 0 Å². The number of rotatable bonds is 4. The molecule has 1 aromatic carbocycles. The Kier molecular flexibility index (Phi) is 3.20. The fourth-order valence-electron chi connectivity index (χ4n) is 1.72. The van der Waals surface area contributed by atoms with Crippen molar-refractivity contribution in [2.75, 3.05) is 5.32 Å². The smallest absolute Gasteiger partial charge is 0.143 e. The lowest BCUT2D eigenvalue weighted by Gasteiger charge is -2.06. The Hall–Kier alpha value is -2.28. The van der Waals surface area contributed by atoms with E-state index in [9.17, 15) is 0 Å². The van der Waals surface area contributed by atoms with Gasteiger partial charge >= 0.3 is 0 Å². The van der Waals surface area contributed by atoms with Gasteiger partial charge in [0.1, 0.15) is 6.33 Å². The van der Waals surface area contributed by atoms with Crippen molar-refractivity contribution in [2.24, 2.45) is 0 Å². The Balaban J connectivity index is 1.73. The summed E-state index contributed by atoms with van der Waals surface area (Å²) in [5.41, 5.74) is 2.98. The number of anilines is 1. The van der Waals surface area contributed by atoms with E-state index < -0.39 is 0 Å². The number of hydrogen-bond acceptors (Lipinski definition) is 6. The Bertz CT molecular complexity index is 660.